The number of nitrogens with zero attached hydrogens (tertiary/aromatic N) is 1. The van der Waals surface area contributed by atoms with Gasteiger partial charge in [0.25, 0.3) is 0 Å². The summed E-state index contributed by atoms with van der Waals surface area (Å²) in [6, 6.07) is 2.05. The largest absolute Gasteiger partial charge is 0.369 e. The van der Waals surface area contributed by atoms with Crippen LogP contribution in [0.2, 0.25) is 0 Å². The summed E-state index contributed by atoms with van der Waals surface area (Å²) in [7, 11) is 0. The molecule has 0 spiro atoms. The van der Waals surface area contributed by atoms with Crippen LogP contribution in [0.4, 0.5) is 0 Å². The zero-order valence-electron chi connectivity index (χ0n) is 4.27. The molecule has 1 aliphatic heterocycles. The van der Waals surface area contributed by atoms with Gasteiger partial charge in [-0.2, -0.15) is 5.26 Å². The molecule has 1 rings (SSSR count). The van der Waals surface area contributed by atoms with Crippen LogP contribution in [0.15, 0.2) is 0 Å². The molecule has 0 aliphatic carbocycles. The van der Waals surface area contributed by atoms with Crippen LogP contribution in [-0.2, 0) is 4.74 Å². The molecule has 0 aromatic rings. The Hall–Kier alpha value is -0.550. The zero-order chi connectivity index (χ0) is 5.33. The highest BCUT2D eigenvalue weighted by Gasteiger charge is 2.38. The van der Waals surface area contributed by atoms with Crippen LogP contribution in [0.25, 0.3) is 0 Å². The Morgan fingerprint density at radius 1 is 2.00 bits per heavy atom. The fourth-order valence-electron chi connectivity index (χ4n) is 0.392. The predicted octanol–water partition coefficient (Wildman–Crippen LogP) is 0.689. The minimum atomic E-state index is -0.0608. The Morgan fingerprint density at radius 2 is 2.57 bits per heavy atom. The van der Waals surface area contributed by atoms with E-state index >= 15 is 0 Å². The first-order valence-electron chi connectivity index (χ1n) is 2.28. The van der Waals surface area contributed by atoms with Crippen LogP contribution in [0.1, 0.15) is 13.3 Å². The van der Waals surface area contributed by atoms with Gasteiger partial charge in [0.05, 0.1) is 19.1 Å². The molecule has 1 saturated heterocycles. The van der Waals surface area contributed by atoms with Crippen LogP contribution in [0.3, 0.4) is 0 Å². The Kier molecular flexibility index (Phi) is 0.795. The van der Waals surface area contributed by atoms with E-state index in [1.165, 1.54) is 0 Å². The molecule has 0 bridgehead atoms. The molecule has 0 aromatic carbocycles. The van der Waals surface area contributed by atoms with Crippen molar-refractivity contribution < 1.29 is 4.74 Å². The molecular weight excluding hydrogens is 90.1 g/mol. The minimum absolute atomic E-state index is 0.0608. The number of nitriles is 1. The summed E-state index contributed by atoms with van der Waals surface area (Å²) >= 11 is 0. The van der Waals surface area contributed by atoms with Gasteiger partial charge in [-0.25, -0.2) is 0 Å². The van der Waals surface area contributed by atoms with Crippen molar-refractivity contribution in [3.8, 4) is 6.07 Å². The van der Waals surface area contributed by atoms with Crippen molar-refractivity contribution in [2.24, 2.45) is 0 Å². The maximum atomic E-state index is 8.11. The van der Waals surface area contributed by atoms with Gasteiger partial charge in [0.2, 0.25) is 0 Å². The minimum Gasteiger partial charge on any atom is -0.369 e. The van der Waals surface area contributed by atoms with Crippen molar-refractivity contribution in [3.63, 3.8) is 0 Å². The first-order valence-corrected chi connectivity index (χ1v) is 2.28. The molecule has 0 N–H and O–H groups in total. The van der Waals surface area contributed by atoms with Gasteiger partial charge in [-0.3, -0.25) is 0 Å². The average Bonchev–Trinajstić information content (AvgIpc) is 2.22. The monoisotopic (exact) mass is 97.1 g/mol. The molecule has 1 fully saturated rings. The third kappa shape index (κ3) is 0.908. The first-order chi connectivity index (χ1) is 3.27. The van der Waals surface area contributed by atoms with Gasteiger partial charge in [0, 0.05) is 0 Å². The summed E-state index contributed by atoms with van der Waals surface area (Å²) in [5, 5.41) is 8.11. The lowest BCUT2D eigenvalue weighted by Gasteiger charge is -1.90. The van der Waals surface area contributed by atoms with Crippen LogP contribution in [-0.4, -0.2) is 12.2 Å². The van der Waals surface area contributed by atoms with Crippen LogP contribution in [0.5, 0.6) is 0 Å². The van der Waals surface area contributed by atoms with Gasteiger partial charge in [-0.05, 0) is 6.92 Å². The van der Waals surface area contributed by atoms with Gasteiger partial charge in [0.15, 0.2) is 0 Å². The molecule has 0 unspecified atom stereocenters. The number of rotatable bonds is 1. The summed E-state index contributed by atoms with van der Waals surface area (Å²) in [5.74, 6) is 0. The summed E-state index contributed by atoms with van der Waals surface area (Å²) in [6.45, 7) is 2.71. The lowest BCUT2D eigenvalue weighted by molar-refractivity contribution is 0.328. The van der Waals surface area contributed by atoms with E-state index in [-0.39, 0.29) is 5.60 Å². The van der Waals surface area contributed by atoms with Crippen LogP contribution >= 0.6 is 0 Å². The lowest BCUT2D eigenvalue weighted by Crippen LogP contribution is -2.00. The lowest BCUT2D eigenvalue weighted by atomic mass is 10.1. The van der Waals surface area contributed by atoms with E-state index in [9.17, 15) is 0 Å². The summed E-state index contributed by atoms with van der Waals surface area (Å²) < 4.78 is 4.91. The fourth-order valence-corrected chi connectivity index (χ4v) is 0.392. The predicted molar refractivity (Wildman–Crippen MR) is 24.6 cm³/mol. The Bertz CT molecular complexity index is 110. The third-order valence-electron chi connectivity index (χ3n) is 1.09. The maximum Gasteiger partial charge on any atom is 0.102 e. The van der Waals surface area contributed by atoms with Gasteiger partial charge in [-0.1, -0.05) is 0 Å². The van der Waals surface area contributed by atoms with Crippen molar-refractivity contribution in [2.75, 3.05) is 6.61 Å². The maximum absolute atomic E-state index is 8.11. The second-order valence-corrected chi connectivity index (χ2v) is 2.07. The Labute approximate surface area is 42.7 Å². The first kappa shape index (κ1) is 4.61. The summed E-state index contributed by atoms with van der Waals surface area (Å²) in [6.07, 6.45) is 0.535. The number of hydrogen-bond acceptors (Lipinski definition) is 2. The second-order valence-electron chi connectivity index (χ2n) is 2.07. The van der Waals surface area contributed by atoms with E-state index in [4.69, 9.17) is 10.00 Å². The smallest absolute Gasteiger partial charge is 0.102 e. The van der Waals surface area contributed by atoms with E-state index in [0.29, 0.717) is 6.42 Å². The fraction of sp³-hybridized carbons (Fsp3) is 0.800. The molecule has 0 aromatic heterocycles. The molecule has 2 heteroatoms. The molecule has 1 atom stereocenters. The van der Waals surface area contributed by atoms with Crippen molar-refractivity contribution in [1.82, 2.24) is 0 Å². The van der Waals surface area contributed by atoms with Gasteiger partial charge < -0.3 is 4.74 Å². The highest BCUT2D eigenvalue weighted by molar-refractivity contribution is 4.95. The molecule has 7 heavy (non-hydrogen) atoms. The van der Waals surface area contributed by atoms with Crippen LogP contribution < -0.4 is 0 Å². The molecule has 0 radical (unpaired) electrons. The second kappa shape index (κ2) is 1.21. The quantitative estimate of drug-likeness (QED) is 0.451. The van der Waals surface area contributed by atoms with Crippen molar-refractivity contribution in [1.29, 1.82) is 5.26 Å². The number of hydrogen-bond donors (Lipinski definition) is 0. The Balaban J connectivity index is 2.30. The Morgan fingerprint density at radius 3 is 2.71 bits per heavy atom. The normalized spacial score (nSPS) is 37.1. The average molecular weight is 97.1 g/mol. The SMILES string of the molecule is C[C@@]1(CC#N)CO1. The standard InChI is InChI=1S/C5H7NO/c1-5(2-3-6)4-7-5/h2,4H2,1H3/t5-/m1/s1. The van der Waals surface area contributed by atoms with Gasteiger partial charge in [0.1, 0.15) is 5.60 Å². The van der Waals surface area contributed by atoms with Gasteiger partial charge >= 0.3 is 0 Å². The van der Waals surface area contributed by atoms with Gasteiger partial charge in [-0.15, -0.1) is 0 Å². The molecule has 0 amide bonds. The molecule has 0 saturated carbocycles. The number of ether oxygens (including phenoxy) is 1. The molecular formula is C5H7NO. The topological polar surface area (TPSA) is 36.3 Å². The third-order valence-corrected chi connectivity index (χ3v) is 1.09. The molecule has 38 valence electrons. The molecule has 2 nitrogen and oxygen atoms in total. The highest BCUT2D eigenvalue weighted by atomic mass is 16.6. The number of epoxide rings is 1. The molecule has 1 heterocycles. The summed E-state index contributed by atoms with van der Waals surface area (Å²) in [5.41, 5.74) is -0.0608. The van der Waals surface area contributed by atoms with E-state index < -0.39 is 0 Å². The van der Waals surface area contributed by atoms with E-state index in [1.54, 1.807) is 0 Å². The molecule has 1 aliphatic rings. The zero-order valence-corrected chi connectivity index (χ0v) is 4.27. The summed E-state index contributed by atoms with van der Waals surface area (Å²) in [4.78, 5) is 0. The van der Waals surface area contributed by atoms with E-state index in [0.717, 1.165) is 6.61 Å². The van der Waals surface area contributed by atoms with Crippen molar-refractivity contribution in [2.45, 2.75) is 18.9 Å². The van der Waals surface area contributed by atoms with E-state index in [2.05, 4.69) is 0 Å². The van der Waals surface area contributed by atoms with Crippen molar-refractivity contribution >= 4 is 0 Å². The van der Waals surface area contributed by atoms with Crippen molar-refractivity contribution in [3.05, 3.63) is 0 Å². The van der Waals surface area contributed by atoms with E-state index in [1.807, 2.05) is 13.0 Å². The highest BCUT2D eigenvalue weighted by Crippen LogP contribution is 2.28. The van der Waals surface area contributed by atoms with Crippen LogP contribution in [0, 0.1) is 11.3 Å².